The van der Waals surface area contributed by atoms with Crippen LogP contribution in [0.2, 0.25) is 0 Å². The van der Waals surface area contributed by atoms with E-state index in [4.69, 9.17) is 9.47 Å². The Kier molecular flexibility index (Phi) is 4.42. The van der Waals surface area contributed by atoms with E-state index in [2.05, 4.69) is 0 Å². The Hall–Kier alpha value is -2.00. The third-order valence-corrected chi connectivity index (χ3v) is 2.95. The fraction of sp³-hybridized carbons (Fsp3) is 0.250. The molecule has 0 amide bonds. The molecule has 100 valence electrons. The van der Waals surface area contributed by atoms with Gasteiger partial charge in [-0.2, -0.15) is 0 Å². The normalized spacial score (nSPS) is 13.6. The Balaban J connectivity index is 2.08. The molecule has 2 aromatic carbocycles. The van der Waals surface area contributed by atoms with E-state index in [1.54, 1.807) is 7.11 Å². The highest BCUT2D eigenvalue weighted by Gasteiger charge is 2.18. The predicted molar refractivity (Wildman–Crippen MR) is 74.5 cm³/mol. The molecule has 0 saturated heterocycles. The number of hydrogen-bond acceptors (Lipinski definition) is 3. The number of aliphatic hydroxyl groups is 1. The number of ether oxygens (including phenoxy) is 2. The average Bonchev–Trinajstić information content (AvgIpc) is 2.47. The van der Waals surface area contributed by atoms with Gasteiger partial charge in [-0.25, -0.2) is 0 Å². The average molecular weight is 258 g/mol. The summed E-state index contributed by atoms with van der Waals surface area (Å²) in [7, 11) is 1.61. The first-order chi connectivity index (χ1) is 9.20. The summed E-state index contributed by atoms with van der Waals surface area (Å²) in [6.45, 7) is 1.84. The first-order valence-electron chi connectivity index (χ1n) is 6.24. The van der Waals surface area contributed by atoms with Gasteiger partial charge in [-0.1, -0.05) is 30.3 Å². The van der Waals surface area contributed by atoms with Gasteiger partial charge in [0.2, 0.25) is 0 Å². The molecule has 0 aliphatic rings. The van der Waals surface area contributed by atoms with E-state index >= 15 is 0 Å². The maximum absolute atomic E-state index is 10.3. The van der Waals surface area contributed by atoms with E-state index in [-0.39, 0.29) is 6.10 Å². The van der Waals surface area contributed by atoms with Gasteiger partial charge in [0.25, 0.3) is 0 Å². The van der Waals surface area contributed by atoms with Crippen LogP contribution in [0.4, 0.5) is 0 Å². The second kappa shape index (κ2) is 6.25. The van der Waals surface area contributed by atoms with Crippen molar-refractivity contribution < 1.29 is 14.6 Å². The van der Waals surface area contributed by atoms with Crippen LogP contribution in [0.25, 0.3) is 0 Å². The van der Waals surface area contributed by atoms with Crippen LogP contribution in [0, 0.1) is 0 Å². The van der Waals surface area contributed by atoms with Gasteiger partial charge in [-0.15, -0.1) is 0 Å². The van der Waals surface area contributed by atoms with Crippen LogP contribution in [0.5, 0.6) is 11.5 Å². The molecule has 3 nitrogen and oxygen atoms in total. The Morgan fingerprint density at radius 1 is 0.947 bits per heavy atom. The highest BCUT2D eigenvalue weighted by atomic mass is 16.5. The summed E-state index contributed by atoms with van der Waals surface area (Å²) in [5.41, 5.74) is 0.780. The number of hydrogen-bond donors (Lipinski definition) is 1. The molecule has 0 saturated carbocycles. The van der Waals surface area contributed by atoms with Crippen LogP contribution >= 0.6 is 0 Å². The Bertz CT molecular complexity index is 510. The monoisotopic (exact) mass is 258 g/mol. The number of benzene rings is 2. The molecule has 0 heterocycles. The van der Waals surface area contributed by atoms with Crippen molar-refractivity contribution in [3.05, 3.63) is 60.2 Å². The SMILES string of the molecule is COc1cccc(C(O)C(C)Oc2ccccc2)c1. The summed E-state index contributed by atoms with van der Waals surface area (Å²) < 4.78 is 10.9. The lowest BCUT2D eigenvalue weighted by Crippen LogP contribution is -2.21. The van der Waals surface area contributed by atoms with Gasteiger partial charge < -0.3 is 14.6 Å². The lowest BCUT2D eigenvalue weighted by molar-refractivity contribution is 0.0466. The quantitative estimate of drug-likeness (QED) is 0.895. The topological polar surface area (TPSA) is 38.7 Å². The molecule has 3 heteroatoms. The van der Waals surface area contributed by atoms with E-state index in [0.717, 1.165) is 17.1 Å². The van der Waals surface area contributed by atoms with Gasteiger partial charge in [-0.3, -0.25) is 0 Å². The summed E-state index contributed by atoms with van der Waals surface area (Å²) >= 11 is 0. The standard InChI is InChI=1S/C16H18O3/c1-12(19-14-8-4-3-5-9-14)16(17)13-7-6-10-15(11-13)18-2/h3-12,16-17H,1-2H3. The van der Waals surface area contributed by atoms with Gasteiger partial charge in [0.05, 0.1) is 7.11 Å². The molecular formula is C16H18O3. The smallest absolute Gasteiger partial charge is 0.126 e. The van der Waals surface area contributed by atoms with Gasteiger partial charge in [0, 0.05) is 0 Å². The van der Waals surface area contributed by atoms with Gasteiger partial charge >= 0.3 is 0 Å². The minimum Gasteiger partial charge on any atom is -0.497 e. The van der Waals surface area contributed by atoms with E-state index in [9.17, 15) is 5.11 Å². The largest absolute Gasteiger partial charge is 0.497 e. The minimum atomic E-state index is -0.699. The fourth-order valence-electron chi connectivity index (χ4n) is 1.87. The van der Waals surface area contributed by atoms with E-state index < -0.39 is 6.10 Å². The van der Waals surface area contributed by atoms with Crippen LogP contribution in [-0.4, -0.2) is 18.3 Å². The van der Waals surface area contributed by atoms with Gasteiger partial charge in [-0.05, 0) is 36.8 Å². The predicted octanol–water partition coefficient (Wildman–Crippen LogP) is 3.20. The van der Waals surface area contributed by atoms with Crippen LogP contribution < -0.4 is 9.47 Å². The number of para-hydroxylation sites is 1. The summed E-state index contributed by atoms with van der Waals surface area (Å²) in [5.74, 6) is 1.47. The lowest BCUT2D eigenvalue weighted by atomic mass is 10.1. The van der Waals surface area contributed by atoms with Crippen molar-refractivity contribution in [2.45, 2.75) is 19.1 Å². The molecule has 0 radical (unpaired) electrons. The summed E-state index contributed by atoms with van der Waals surface area (Å²) in [6.07, 6.45) is -1.04. The molecule has 0 fully saturated rings. The molecule has 0 spiro atoms. The number of aliphatic hydroxyl groups excluding tert-OH is 1. The maximum atomic E-state index is 10.3. The molecule has 1 N–H and O–H groups in total. The van der Waals surface area contributed by atoms with Crippen molar-refractivity contribution in [2.24, 2.45) is 0 Å². The highest BCUT2D eigenvalue weighted by Crippen LogP contribution is 2.24. The van der Waals surface area contributed by atoms with Crippen molar-refractivity contribution in [3.63, 3.8) is 0 Å². The Morgan fingerprint density at radius 2 is 1.63 bits per heavy atom. The summed E-state index contributed by atoms with van der Waals surface area (Å²) in [4.78, 5) is 0. The molecule has 0 aliphatic carbocycles. The second-order valence-corrected chi connectivity index (χ2v) is 4.36. The van der Waals surface area contributed by atoms with Crippen LogP contribution in [0.1, 0.15) is 18.6 Å². The first-order valence-corrected chi connectivity index (χ1v) is 6.24. The van der Waals surface area contributed by atoms with Crippen molar-refractivity contribution in [3.8, 4) is 11.5 Å². The molecule has 2 unspecified atom stereocenters. The molecule has 0 aromatic heterocycles. The second-order valence-electron chi connectivity index (χ2n) is 4.36. The zero-order chi connectivity index (χ0) is 13.7. The lowest BCUT2D eigenvalue weighted by Gasteiger charge is -2.21. The molecule has 19 heavy (non-hydrogen) atoms. The van der Waals surface area contributed by atoms with Gasteiger partial charge in [0.1, 0.15) is 23.7 Å². The van der Waals surface area contributed by atoms with E-state index in [1.807, 2.05) is 61.5 Å². The van der Waals surface area contributed by atoms with Crippen LogP contribution in [0.3, 0.4) is 0 Å². The maximum Gasteiger partial charge on any atom is 0.126 e. The van der Waals surface area contributed by atoms with Crippen molar-refractivity contribution in [2.75, 3.05) is 7.11 Å². The molecule has 0 aliphatic heterocycles. The summed E-state index contributed by atoms with van der Waals surface area (Å²) in [5, 5.41) is 10.3. The number of methoxy groups -OCH3 is 1. The molecular weight excluding hydrogens is 240 g/mol. The molecule has 2 atom stereocenters. The number of rotatable bonds is 5. The zero-order valence-electron chi connectivity index (χ0n) is 11.1. The summed E-state index contributed by atoms with van der Waals surface area (Å²) in [6, 6.07) is 16.8. The third-order valence-electron chi connectivity index (χ3n) is 2.95. The minimum absolute atomic E-state index is 0.338. The molecule has 2 aromatic rings. The Morgan fingerprint density at radius 3 is 2.32 bits per heavy atom. The van der Waals surface area contributed by atoms with Crippen molar-refractivity contribution in [1.82, 2.24) is 0 Å². The third kappa shape index (κ3) is 3.48. The van der Waals surface area contributed by atoms with Crippen molar-refractivity contribution in [1.29, 1.82) is 0 Å². The van der Waals surface area contributed by atoms with Crippen LogP contribution in [-0.2, 0) is 0 Å². The van der Waals surface area contributed by atoms with Crippen molar-refractivity contribution >= 4 is 0 Å². The Labute approximate surface area is 113 Å². The molecule has 2 rings (SSSR count). The first kappa shape index (κ1) is 13.4. The van der Waals surface area contributed by atoms with Crippen LogP contribution in [0.15, 0.2) is 54.6 Å². The molecule has 0 bridgehead atoms. The van der Waals surface area contributed by atoms with Gasteiger partial charge in [0.15, 0.2) is 0 Å². The zero-order valence-corrected chi connectivity index (χ0v) is 11.1. The highest BCUT2D eigenvalue weighted by molar-refractivity contribution is 5.30. The van der Waals surface area contributed by atoms with E-state index in [1.165, 1.54) is 0 Å². The van der Waals surface area contributed by atoms with E-state index in [0.29, 0.717) is 0 Å². The fourth-order valence-corrected chi connectivity index (χ4v) is 1.87.